The maximum atomic E-state index is 12.9. The van der Waals surface area contributed by atoms with Gasteiger partial charge in [-0.3, -0.25) is 9.88 Å². The number of likely N-dealkylation sites (tertiary alicyclic amines) is 1. The fourth-order valence-electron chi connectivity index (χ4n) is 5.53. The fourth-order valence-corrected chi connectivity index (χ4v) is 5.53. The van der Waals surface area contributed by atoms with Crippen LogP contribution in [-0.2, 0) is 17.5 Å². The minimum Gasteiger partial charge on any atom is -0.446 e. The van der Waals surface area contributed by atoms with Crippen molar-refractivity contribution >= 4 is 11.9 Å². The SMILES string of the molecule is C[C@@H]1CN(c2cnc(C(F)(F)F)cn2)[C@@H](C)CN1C(=O)OC1CC2(C1)CN(Cc1ccncc1)C2. The van der Waals surface area contributed by atoms with Crippen LogP contribution in [0.5, 0.6) is 0 Å². The number of rotatable bonds is 4. The third-order valence-corrected chi connectivity index (χ3v) is 7.31. The molecule has 0 radical (unpaired) electrons. The Morgan fingerprint density at radius 1 is 1.09 bits per heavy atom. The Morgan fingerprint density at radius 3 is 2.43 bits per heavy atom. The first-order valence-electron chi connectivity index (χ1n) is 11.9. The molecule has 11 heteroatoms. The lowest BCUT2D eigenvalue weighted by molar-refractivity contribution is -0.141. The van der Waals surface area contributed by atoms with Crippen LogP contribution >= 0.6 is 0 Å². The Bertz CT molecular complexity index is 1040. The molecule has 0 unspecified atom stereocenters. The highest BCUT2D eigenvalue weighted by molar-refractivity contribution is 5.69. The number of alkyl halides is 3. The third kappa shape index (κ3) is 4.91. The zero-order valence-electron chi connectivity index (χ0n) is 19.8. The highest BCUT2D eigenvalue weighted by atomic mass is 19.4. The molecule has 1 aliphatic carbocycles. The quantitative estimate of drug-likeness (QED) is 0.649. The smallest absolute Gasteiger partial charge is 0.434 e. The number of anilines is 1. The van der Waals surface area contributed by atoms with E-state index in [1.54, 1.807) is 4.90 Å². The summed E-state index contributed by atoms with van der Waals surface area (Å²) in [5.41, 5.74) is 0.493. The molecule has 0 aromatic carbocycles. The average Bonchev–Trinajstić information content (AvgIpc) is 2.77. The number of hydrogen-bond donors (Lipinski definition) is 0. The summed E-state index contributed by atoms with van der Waals surface area (Å²) in [6.07, 6.45) is 2.37. The van der Waals surface area contributed by atoms with Crippen LogP contribution in [0.15, 0.2) is 36.9 Å². The van der Waals surface area contributed by atoms with E-state index in [0.717, 1.165) is 44.9 Å². The number of carbonyl (C=O) groups is 1. The van der Waals surface area contributed by atoms with Gasteiger partial charge in [-0.05, 0) is 44.4 Å². The van der Waals surface area contributed by atoms with Crippen molar-refractivity contribution in [3.8, 4) is 0 Å². The van der Waals surface area contributed by atoms with Gasteiger partial charge >= 0.3 is 12.3 Å². The predicted molar refractivity (Wildman–Crippen MR) is 121 cm³/mol. The van der Waals surface area contributed by atoms with Gasteiger partial charge in [-0.2, -0.15) is 13.2 Å². The van der Waals surface area contributed by atoms with Gasteiger partial charge in [0.25, 0.3) is 0 Å². The normalized spacial score (nSPS) is 24.7. The summed E-state index contributed by atoms with van der Waals surface area (Å²) in [4.78, 5) is 30.4. The number of nitrogens with zero attached hydrogens (tertiary/aromatic N) is 6. The molecular weight excluding hydrogens is 461 g/mol. The van der Waals surface area contributed by atoms with Crippen LogP contribution in [-0.4, -0.2) is 75.2 Å². The molecule has 2 aromatic rings. The van der Waals surface area contributed by atoms with E-state index >= 15 is 0 Å². The van der Waals surface area contributed by atoms with Gasteiger partial charge in [-0.25, -0.2) is 14.8 Å². The monoisotopic (exact) mass is 490 g/mol. The van der Waals surface area contributed by atoms with Gasteiger partial charge in [0, 0.05) is 62.6 Å². The van der Waals surface area contributed by atoms with E-state index in [9.17, 15) is 18.0 Å². The van der Waals surface area contributed by atoms with Gasteiger partial charge in [-0.15, -0.1) is 0 Å². The molecule has 3 aliphatic rings. The summed E-state index contributed by atoms with van der Waals surface area (Å²) < 4.78 is 44.2. The van der Waals surface area contributed by atoms with Crippen molar-refractivity contribution in [2.24, 2.45) is 5.41 Å². The van der Waals surface area contributed by atoms with Gasteiger partial charge in [0.1, 0.15) is 11.9 Å². The van der Waals surface area contributed by atoms with Crippen LogP contribution in [0, 0.1) is 5.41 Å². The van der Waals surface area contributed by atoms with Crippen LogP contribution in [0.3, 0.4) is 0 Å². The molecule has 2 atom stereocenters. The number of hydrogen-bond acceptors (Lipinski definition) is 7. The van der Waals surface area contributed by atoms with Gasteiger partial charge in [0.05, 0.1) is 12.4 Å². The first kappa shape index (κ1) is 23.8. The van der Waals surface area contributed by atoms with E-state index in [2.05, 4.69) is 19.9 Å². The van der Waals surface area contributed by atoms with Crippen molar-refractivity contribution in [1.82, 2.24) is 24.8 Å². The molecule has 5 rings (SSSR count). The van der Waals surface area contributed by atoms with Crippen molar-refractivity contribution in [2.75, 3.05) is 31.1 Å². The van der Waals surface area contributed by atoms with Crippen molar-refractivity contribution in [2.45, 2.75) is 57.6 Å². The van der Waals surface area contributed by atoms with Gasteiger partial charge in [0.2, 0.25) is 0 Å². The standard InChI is InChI=1S/C24H29F3N6O2/c1-16-12-33(17(2)11-32(16)21-10-29-20(9-30-21)24(25,26)27)22(34)35-19-7-23(8-19)14-31(15-23)13-18-3-5-28-6-4-18/h3-6,9-10,16-17,19H,7-8,11-15H2,1-2H3/t16-,17+/m0/s1. The number of ether oxygens (including phenoxy) is 1. The van der Waals surface area contributed by atoms with Crippen LogP contribution in [0.2, 0.25) is 0 Å². The van der Waals surface area contributed by atoms with E-state index in [-0.39, 0.29) is 29.7 Å². The fraction of sp³-hybridized carbons (Fsp3) is 0.583. The van der Waals surface area contributed by atoms with Crippen molar-refractivity contribution in [1.29, 1.82) is 0 Å². The molecular formula is C24H29F3N6O2. The van der Waals surface area contributed by atoms with Crippen LogP contribution in [0.25, 0.3) is 0 Å². The Balaban J connectivity index is 1.09. The van der Waals surface area contributed by atoms with Crippen LogP contribution in [0.1, 0.15) is 37.9 Å². The van der Waals surface area contributed by atoms with Crippen molar-refractivity contribution < 1.29 is 22.7 Å². The van der Waals surface area contributed by atoms with E-state index in [0.29, 0.717) is 18.9 Å². The largest absolute Gasteiger partial charge is 0.446 e. The van der Waals surface area contributed by atoms with E-state index in [4.69, 9.17) is 4.74 Å². The lowest BCUT2D eigenvalue weighted by Gasteiger charge is -2.58. The second-order valence-corrected chi connectivity index (χ2v) is 10.2. The molecule has 3 fully saturated rings. The molecule has 2 saturated heterocycles. The molecule has 8 nitrogen and oxygen atoms in total. The highest BCUT2D eigenvalue weighted by Crippen LogP contribution is 2.50. The number of halogens is 3. The molecule has 0 bridgehead atoms. The maximum absolute atomic E-state index is 12.9. The molecule has 2 aromatic heterocycles. The van der Waals surface area contributed by atoms with Crippen LogP contribution in [0.4, 0.5) is 23.8 Å². The summed E-state index contributed by atoms with van der Waals surface area (Å²) in [5.74, 6) is 0.368. The maximum Gasteiger partial charge on any atom is 0.434 e. The van der Waals surface area contributed by atoms with E-state index in [1.165, 1.54) is 5.56 Å². The highest BCUT2D eigenvalue weighted by Gasteiger charge is 2.54. The summed E-state index contributed by atoms with van der Waals surface area (Å²) in [6, 6.07) is 3.76. The Hall–Kier alpha value is -2.95. The predicted octanol–water partition coefficient (Wildman–Crippen LogP) is 3.59. The van der Waals surface area contributed by atoms with E-state index < -0.39 is 11.9 Å². The zero-order valence-corrected chi connectivity index (χ0v) is 19.8. The van der Waals surface area contributed by atoms with Crippen molar-refractivity contribution in [3.63, 3.8) is 0 Å². The summed E-state index contributed by atoms with van der Waals surface area (Å²) in [7, 11) is 0. The molecule has 188 valence electrons. The molecule has 2 aliphatic heterocycles. The number of aromatic nitrogens is 3. The van der Waals surface area contributed by atoms with Gasteiger partial charge in [-0.1, -0.05) is 0 Å². The topological polar surface area (TPSA) is 74.7 Å². The zero-order chi connectivity index (χ0) is 24.8. The molecule has 1 spiro atoms. The average molecular weight is 491 g/mol. The Kier molecular flexibility index (Phi) is 6.06. The molecule has 35 heavy (non-hydrogen) atoms. The Labute approximate surface area is 202 Å². The lowest BCUT2D eigenvalue weighted by atomic mass is 9.61. The Morgan fingerprint density at radius 2 is 1.80 bits per heavy atom. The van der Waals surface area contributed by atoms with E-state index in [1.807, 2.05) is 43.3 Å². The first-order valence-corrected chi connectivity index (χ1v) is 11.9. The number of pyridine rings is 1. The number of piperazine rings is 1. The first-order chi connectivity index (χ1) is 16.6. The lowest BCUT2D eigenvalue weighted by Crippen LogP contribution is -2.64. The molecule has 4 heterocycles. The summed E-state index contributed by atoms with van der Waals surface area (Å²) in [6.45, 7) is 7.61. The summed E-state index contributed by atoms with van der Waals surface area (Å²) in [5, 5.41) is 0. The van der Waals surface area contributed by atoms with Crippen LogP contribution < -0.4 is 4.90 Å². The molecule has 1 saturated carbocycles. The second-order valence-electron chi connectivity index (χ2n) is 10.2. The molecule has 0 N–H and O–H groups in total. The second kappa shape index (κ2) is 8.92. The van der Waals surface area contributed by atoms with Gasteiger partial charge in [0.15, 0.2) is 5.69 Å². The molecule has 1 amide bonds. The summed E-state index contributed by atoms with van der Waals surface area (Å²) >= 11 is 0. The number of carbonyl (C=O) groups excluding carboxylic acids is 1. The third-order valence-electron chi connectivity index (χ3n) is 7.31. The minimum absolute atomic E-state index is 0.0631. The minimum atomic E-state index is -4.52. The van der Waals surface area contributed by atoms with Crippen molar-refractivity contribution in [3.05, 3.63) is 48.2 Å². The van der Waals surface area contributed by atoms with Gasteiger partial charge < -0.3 is 14.5 Å². The number of amides is 1.